The Morgan fingerprint density at radius 3 is 2.05 bits per heavy atom. The molecule has 1 rings (SSSR count). The molecule has 1 heterocycles. The number of thiophene rings is 1. The average molecular weight is 310 g/mol. The van der Waals surface area contributed by atoms with Gasteiger partial charge in [0.05, 0.1) is 12.0 Å². The lowest BCUT2D eigenvalue weighted by Crippen LogP contribution is -2.49. The Kier molecular flexibility index (Phi) is 3.86. The van der Waals surface area contributed by atoms with Gasteiger partial charge in [0.15, 0.2) is 0 Å². The fraction of sp³-hybridized carbons (Fsp3) is 0.444. The Morgan fingerprint density at radius 1 is 1.11 bits per heavy atom. The van der Waals surface area contributed by atoms with Crippen molar-refractivity contribution in [2.24, 2.45) is 0 Å². The summed E-state index contributed by atoms with van der Waals surface area (Å²) in [4.78, 5) is 8.86. The molecule has 0 spiro atoms. The molecule has 10 heteroatoms. The van der Waals surface area contributed by atoms with Crippen molar-refractivity contribution in [2.45, 2.75) is 18.0 Å². The van der Waals surface area contributed by atoms with Crippen molar-refractivity contribution in [1.29, 1.82) is 0 Å². The Morgan fingerprint density at radius 2 is 1.63 bits per heavy atom. The van der Waals surface area contributed by atoms with Crippen LogP contribution in [-0.4, -0.2) is 25.2 Å². The molecule has 108 valence electrons. The van der Waals surface area contributed by atoms with Crippen LogP contribution in [0.4, 0.5) is 30.7 Å². The number of hydrogen-bond donors (Lipinski definition) is 0. The van der Waals surface area contributed by atoms with Crippen molar-refractivity contribution in [3.05, 3.63) is 21.9 Å². The molecule has 1 aromatic heterocycles. The van der Waals surface area contributed by atoms with E-state index in [-0.39, 0.29) is 11.3 Å². The third-order valence-electron chi connectivity index (χ3n) is 2.05. The third-order valence-corrected chi connectivity index (χ3v) is 3.19. The number of ether oxygens (including phenoxy) is 1. The van der Waals surface area contributed by atoms with Gasteiger partial charge in [0, 0.05) is 0 Å². The fourth-order valence-electron chi connectivity index (χ4n) is 1.05. The van der Waals surface area contributed by atoms with Gasteiger partial charge in [0.2, 0.25) is 0 Å². The zero-order valence-corrected chi connectivity index (χ0v) is 9.84. The van der Waals surface area contributed by atoms with Gasteiger partial charge < -0.3 is 4.74 Å². The zero-order chi connectivity index (χ0) is 15.1. The summed E-state index contributed by atoms with van der Waals surface area (Å²) in [6.07, 6.45) is -6.41. The first-order valence-electron chi connectivity index (χ1n) is 4.46. The fourth-order valence-corrected chi connectivity index (χ4v) is 1.98. The number of methoxy groups -OCH3 is 1. The van der Waals surface area contributed by atoms with Gasteiger partial charge in [-0.1, -0.05) is 0 Å². The summed E-state index contributed by atoms with van der Waals surface area (Å²) in [7, 11) is 0.907. The first-order chi connectivity index (χ1) is 8.45. The number of rotatable bonds is 3. The monoisotopic (exact) mass is 310 g/mol. The normalized spacial score (nSPS) is 13.5. The number of carbonyl (C=O) groups excluding carboxylic acids is 1. The van der Waals surface area contributed by atoms with Gasteiger partial charge in [-0.05, 0) is 12.1 Å². The van der Waals surface area contributed by atoms with Crippen LogP contribution in [0.3, 0.4) is 0 Å². The molecular formula is C9H5F7O2S. The average Bonchev–Trinajstić information content (AvgIpc) is 2.75. The van der Waals surface area contributed by atoms with Crippen molar-refractivity contribution in [3.8, 4) is 0 Å². The number of halogens is 7. The molecule has 0 aromatic carbocycles. The summed E-state index contributed by atoms with van der Waals surface area (Å²) >= 11 is -0.189. The van der Waals surface area contributed by atoms with Crippen molar-refractivity contribution >= 4 is 17.3 Å². The maximum absolute atomic E-state index is 13.2. The largest absolute Gasteiger partial charge is 0.465 e. The zero-order valence-electron chi connectivity index (χ0n) is 9.03. The molecule has 0 unspecified atom stereocenters. The Balaban J connectivity index is 3.21. The standard InChI is InChI=1S/C9H5F7O2S/c1-18-6(17)4-2-3-5(19-4)7(10,11)8(12,13)9(14,15)16/h2-3H,1H3. The Labute approximate surface area is 105 Å². The Bertz CT molecular complexity index is 477. The third kappa shape index (κ3) is 2.53. The van der Waals surface area contributed by atoms with Crippen LogP contribution in [0.1, 0.15) is 14.5 Å². The molecule has 0 N–H and O–H groups in total. The van der Waals surface area contributed by atoms with Gasteiger partial charge in [-0.15, -0.1) is 11.3 Å². The molecule has 0 aliphatic rings. The van der Waals surface area contributed by atoms with Gasteiger partial charge >= 0.3 is 24.0 Å². The molecule has 0 saturated carbocycles. The maximum atomic E-state index is 13.2. The van der Waals surface area contributed by atoms with Crippen LogP contribution < -0.4 is 0 Å². The molecule has 0 bridgehead atoms. The first-order valence-corrected chi connectivity index (χ1v) is 5.27. The molecule has 0 saturated heterocycles. The predicted octanol–water partition coefficient (Wildman–Crippen LogP) is 3.82. The lowest BCUT2D eigenvalue weighted by molar-refractivity contribution is -0.358. The molecular weight excluding hydrogens is 305 g/mol. The lowest BCUT2D eigenvalue weighted by Gasteiger charge is -2.27. The van der Waals surface area contributed by atoms with Crippen LogP contribution in [0.5, 0.6) is 0 Å². The molecule has 0 fully saturated rings. The van der Waals surface area contributed by atoms with Crippen molar-refractivity contribution < 1.29 is 40.3 Å². The van der Waals surface area contributed by atoms with Gasteiger partial charge in [0.1, 0.15) is 4.88 Å². The van der Waals surface area contributed by atoms with E-state index in [2.05, 4.69) is 4.74 Å². The second-order valence-electron chi connectivity index (χ2n) is 3.30. The van der Waals surface area contributed by atoms with Crippen LogP contribution in [-0.2, 0) is 10.7 Å². The summed E-state index contributed by atoms with van der Waals surface area (Å²) in [5.74, 6) is -12.8. The summed E-state index contributed by atoms with van der Waals surface area (Å²) in [6, 6.07) is 1.02. The SMILES string of the molecule is COC(=O)c1ccc(C(F)(F)C(F)(F)C(F)(F)F)s1. The predicted molar refractivity (Wildman–Crippen MR) is 50.6 cm³/mol. The molecule has 19 heavy (non-hydrogen) atoms. The maximum Gasteiger partial charge on any atom is 0.460 e. The summed E-state index contributed by atoms with van der Waals surface area (Å²) < 4.78 is 91.7. The minimum absolute atomic E-state index is 0.189. The Hall–Kier alpha value is -1.32. The summed E-state index contributed by atoms with van der Waals surface area (Å²) in [5.41, 5.74) is 0. The summed E-state index contributed by atoms with van der Waals surface area (Å²) in [6.45, 7) is 0. The molecule has 0 atom stereocenters. The highest BCUT2D eigenvalue weighted by molar-refractivity contribution is 7.14. The van der Waals surface area contributed by atoms with E-state index in [1.807, 2.05) is 0 Å². The topological polar surface area (TPSA) is 26.3 Å². The van der Waals surface area contributed by atoms with E-state index in [0.29, 0.717) is 12.1 Å². The quantitative estimate of drug-likeness (QED) is 0.626. The molecule has 2 nitrogen and oxygen atoms in total. The highest BCUT2D eigenvalue weighted by Crippen LogP contribution is 2.53. The summed E-state index contributed by atoms with van der Waals surface area (Å²) in [5, 5.41) is 0. The van der Waals surface area contributed by atoms with Gasteiger partial charge in [-0.3, -0.25) is 0 Å². The van der Waals surface area contributed by atoms with Crippen molar-refractivity contribution in [1.82, 2.24) is 0 Å². The number of esters is 1. The molecule has 0 radical (unpaired) electrons. The van der Waals surface area contributed by atoms with Gasteiger partial charge in [-0.25, -0.2) is 4.79 Å². The van der Waals surface area contributed by atoms with Gasteiger partial charge in [-0.2, -0.15) is 30.7 Å². The lowest BCUT2D eigenvalue weighted by atomic mass is 10.1. The molecule has 0 aliphatic heterocycles. The van der Waals surface area contributed by atoms with Crippen LogP contribution in [0.2, 0.25) is 0 Å². The van der Waals surface area contributed by atoms with Crippen molar-refractivity contribution in [3.63, 3.8) is 0 Å². The van der Waals surface area contributed by atoms with E-state index in [4.69, 9.17) is 0 Å². The van der Waals surface area contributed by atoms with E-state index < -0.39 is 33.7 Å². The van der Waals surface area contributed by atoms with E-state index in [1.54, 1.807) is 0 Å². The second-order valence-corrected chi connectivity index (χ2v) is 4.39. The molecule has 0 amide bonds. The van der Waals surface area contributed by atoms with E-state index in [1.165, 1.54) is 0 Å². The van der Waals surface area contributed by atoms with Crippen molar-refractivity contribution in [2.75, 3.05) is 7.11 Å². The number of alkyl halides is 7. The number of carbonyl (C=O) groups is 1. The van der Waals surface area contributed by atoms with E-state index >= 15 is 0 Å². The molecule has 0 aliphatic carbocycles. The van der Waals surface area contributed by atoms with Gasteiger partial charge in [0.25, 0.3) is 0 Å². The van der Waals surface area contributed by atoms with Crippen LogP contribution in [0.25, 0.3) is 0 Å². The minimum Gasteiger partial charge on any atom is -0.465 e. The second kappa shape index (κ2) is 4.66. The van der Waals surface area contributed by atoms with Crippen LogP contribution >= 0.6 is 11.3 Å². The minimum atomic E-state index is -6.41. The van der Waals surface area contributed by atoms with E-state index in [9.17, 15) is 35.5 Å². The van der Waals surface area contributed by atoms with E-state index in [0.717, 1.165) is 7.11 Å². The highest BCUT2D eigenvalue weighted by Gasteiger charge is 2.74. The smallest absolute Gasteiger partial charge is 0.460 e. The first kappa shape index (κ1) is 15.7. The van der Waals surface area contributed by atoms with Crippen LogP contribution in [0.15, 0.2) is 12.1 Å². The highest BCUT2D eigenvalue weighted by atomic mass is 32.1. The van der Waals surface area contributed by atoms with Crippen LogP contribution in [0, 0.1) is 0 Å². The molecule has 1 aromatic rings. The number of hydrogen-bond acceptors (Lipinski definition) is 3.